The van der Waals surface area contributed by atoms with Crippen molar-refractivity contribution in [1.82, 2.24) is 0 Å². The minimum absolute atomic E-state index is 0.249. The number of hydrogen-bond donors (Lipinski definition) is 1. The van der Waals surface area contributed by atoms with Crippen LogP contribution in [0.5, 0.6) is 0 Å². The van der Waals surface area contributed by atoms with Gasteiger partial charge in [0.15, 0.2) is 0 Å². The zero-order valence-electron chi connectivity index (χ0n) is 12.2. The van der Waals surface area contributed by atoms with E-state index >= 15 is 0 Å². The van der Waals surface area contributed by atoms with Crippen molar-refractivity contribution in [2.45, 2.75) is 77.6 Å². The Morgan fingerprint density at radius 2 is 1.53 bits per heavy atom. The minimum Gasteiger partial charge on any atom is -0.476 e. The summed E-state index contributed by atoms with van der Waals surface area (Å²) >= 11 is 0. The first kappa shape index (κ1) is 16.2. The lowest BCUT2D eigenvalue weighted by molar-refractivity contribution is -0.149. The number of carboxylic acids is 1. The van der Waals surface area contributed by atoms with Crippen LogP contribution in [0.1, 0.15) is 77.6 Å². The summed E-state index contributed by atoms with van der Waals surface area (Å²) in [5.41, 5.74) is 0. The number of Topliss-reactive ketones (excluding diaryl/α,β-unsaturated/α-hetero) is 1. The molecule has 3 heteroatoms. The molecule has 1 N–H and O–H groups in total. The molecule has 0 aromatic rings. The monoisotopic (exact) mass is 268 g/mol. The van der Waals surface area contributed by atoms with Gasteiger partial charge in [-0.1, -0.05) is 58.3 Å². The molecule has 0 spiro atoms. The Bertz CT molecular complexity index is 278. The topological polar surface area (TPSA) is 54.4 Å². The van der Waals surface area contributed by atoms with E-state index in [9.17, 15) is 9.59 Å². The summed E-state index contributed by atoms with van der Waals surface area (Å²) in [6.45, 7) is 2.24. The van der Waals surface area contributed by atoms with Crippen molar-refractivity contribution in [2.75, 3.05) is 0 Å². The van der Waals surface area contributed by atoms with E-state index in [4.69, 9.17) is 5.11 Å². The standard InChI is InChI=1S/C16H28O3/c1-2-3-4-5-6-7-13-8-10-14(11-9-13)12-15(17)16(18)19/h13-14H,2-12H2,1H3,(H,18,19). The SMILES string of the molecule is CCCCCCCC1CCC(CC(=O)C(=O)O)CC1. The first-order valence-electron chi connectivity index (χ1n) is 7.89. The lowest BCUT2D eigenvalue weighted by Gasteiger charge is -2.27. The van der Waals surface area contributed by atoms with Gasteiger partial charge >= 0.3 is 5.97 Å². The number of ketones is 1. The molecular weight excluding hydrogens is 240 g/mol. The second-order valence-electron chi connectivity index (χ2n) is 6.02. The van der Waals surface area contributed by atoms with E-state index in [1.54, 1.807) is 0 Å². The molecule has 3 nitrogen and oxygen atoms in total. The average Bonchev–Trinajstić information content (AvgIpc) is 2.40. The number of carbonyl (C=O) groups is 2. The molecule has 0 amide bonds. The molecule has 0 unspecified atom stereocenters. The Balaban J connectivity index is 2.08. The van der Waals surface area contributed by atoms with Gasteiger partial charge in [-0.05, 0) is 24.7 Å². The number of hydrogen-bond acceptors (Lipinski definition) is 2. The number of rotatable bonds is 9. The third-order valence-electron chi connectivity index (χ3n) is 4.39. The molecule has 1 fully saturated rings. The third-order valence-corrected chi connectivity index (χ3v) is 4.39. The fourth-order valence-electron chi connectivity index (χ4n) is 3.11. The summed E-state index contributed by atoms with van der Waals surface area (Å²) in [4.78, 5) is 21.7. The van der Waals surface area contributed by atoms with Gasteiger partial charge in [-0.25, -0.2) is 4.79 Å². The Labute approximate surface area is 116 Å². The lowest BCUT2D eigenvalue weighted by Crippen LogP contribution is -2.21. The summed E-state index contributed by atoms with van der Waals surface area (Å²) in [5, 5.41) is 8.60. The summed E-state index contributed by atoms with van der Waals surface area (Å²) in [6.07, 6.45) is 12.7. The van der Waals surface area contributed by atoms with Crippen LogP contribution >= 0.6 is 0 Å². The van der Waals surface area contributed by atoms with E-state index in [1.165, 1.54) is 51.4 Å². The normalized spacial score (nSPS) is 23.2. The number of carbonyl (C=O) groups excluding carboxylic acids is 1. The molecular formula is C16H28O3. The first-order chi connectivity index (χ1) is 9.13. The Morgan fingerprint density at radius 3 is 2.11 bits per heavy atom. The Hall–Kier alpha value is -0.860. The van der Waals surface area contributed by atoms with Gasteiger partial charge in [-0.15, -0.1) is 0 Å². The molecule has 0 aromatic heterocycles. The zero-order valence-corrected chi connectivity index (χ0v) is 12.2. The van der Waals surface area contributed by atoms with Crippen LogP contribution in [-0.2, 0) is 9.59 Å². The second kappa shape index (κ2) is 9.11. The van der Waals surface area contributed by atoms with Gasteiger partial charge in [0.25, 0.3) is 0 Å². The highest BCUT2D eigenvalue weighted by atomic mass is 16.4. The smallest absolute Gasteiger partial charge is 0.372 e. The fourth-order valence-corrected chi connectivity index (χ4v) is 3.11. The van der Waals surface area contributed by atoms with E-state index in [-0.39, 0.29) is 6.42 Å². The van der Waals surface area contributed by atoms with Crippen molar-refractivity contribution in [2.24, 2.45) is 11.8 Å². The van der Waals surface area contributed by atoms with Crippen molar-refractivity contribution in [3.63, 3.8) is 0 Å². The average molecular weight is 268 g/mol. The van der Waals surface area contributed by atoms with Crippen molar-refractivity contribution in [3.05, 3.63) is 0 Å². The molecule has 0 aliphatic heterocycles. The van der Waals surface area contributed by atoms with E-state index in [1.807, 2.05) is 0 Å². The fraction of sp³-hybridized carbons (Fsp3) is 0.875. The largest absolute Gasteiger partial charge is 0.476 e. The van der Waals surface area contributed by atoms with Crippen LogP contribution in [0.3, 0.4) is 0 Å². The zero-order chi connectivity index (χ0) is 14.1. The van der Waals surface area contributed by atoms with Crippen molar-refractivity contribution >= 4 is 11.8 Å². The first-order valence-corrected chi connectivity index (χ1v) is 7.89. The Kier molecular flexibility index (Phi) is 7.76. The molecule has 19 heavy (non-hydrogen) atoms. The van der Waals surface area contributed by atoms with Crippen LogP contribution in [-0.4, -0.2) is 16.9 Å². The van der Waals surface area contributed by atoms with Crippen LogP contribution in [0.15, 0.2) is 0 Å². The molecule has 0 bridgehead atoms. The van der Waals surface area contributed by atoms with E-state index < -0.39 is 11.8 Å². The second-order valence-corrected chi connectivity index (χ2v) is 6.02. The van der Waals surface area contributed by atoms with Crippen LogP contribution in [0.25, 0.3) is 0 Å². The molecule has 1 aliphatic rings. The highest BCUT2D eigenvalue weighted by molar-refractivity contribution is 6.32. The molecule has 0 saturated heterocycles. The van der Waals surface area contributed by atoms with Crippen LogP contribution in [0, 0.1) is 11.8 Å². The molecule has 0 radical (unpaired) electrons. The lowest BCUT2D eigenvalue weighted by atomic mass is 9.78. The van der Waals surface area contributed by atoms with Gasteiger partial charge in [0.05, 0.1) is 0 Å². The molecule has 0 atom stereocenters. The summed E-state index contributed by atoms with van der Waals surface area (Å²) in [7, 11) is 0. The maximum atomic E-state index is 11.2. The van der Waals surface area contributed by atoms with E-state index in [2.05, 4.69) is 6.92 Å². The van der Waals surface area contributed by atoms with Gasteiger partial charge in [-0.2, -0.15) is 0 Å². The quantitative estimate of drug-likeness (QED) is 0.503. The Morgan fingerprint density at radius 1 is 0.947 bits per heavy atom. The maximum absolute atomic E-state index is 11.2. The molecule has 0 aromatic carbocycles. The van der Waals surface area contributed by atoms with Crippen molar-refractivity contribution in [3.8, 4) is 0 Å². The van der Waals surface area contributed by atoms with Crippen molar-refractivity contribution in [1.29, 1.82) is 0 Å². The highest BCUT2D eigenvalue weighted by Gasteiger charge is 2.24. The number of carboxylic acid groups (broad SMARTS) is 1. The summed E-state index contributed by atoms with van der Waals surface area (Å²) in [6, 6.07) is 0. The van der Waals surface area contributed by atoms with Crippen LogP contribution in [0.2, 0.25) is 0 Å². The maximum Gasteiger partial charge on any atom is 0.372 e. The van der Waals surface area contributed by atoms with Gasteiger partial charge in [-0.3, -0.25) is 4.79 Å². The molecule has 0 heterocycles. The molecule has 1 rings (SSSR count). The van der Waals surface area contributed by atoms with Crippen LogP contribution in [0.4, 0.5) is 0 Å². The van der Waals surface area contributed by atoms with Crippen molar-refractivity contribution < 1.29 is 14.7 Å². The van der Waals surface area contributed by atoms with Gasteiger partial charge in [0.1, 0.15) is 0 Å². The van der Waals surface area contributed by atoms with Gasteiger partial charge in [0, 0.05) is 6.42 Å². The van der Waals surface area contributed by atoms with Gasteiger partial charge < -0.3 is 5.11 Å². The third kappa shape index (κ3) is 6.74. The highest BCUT2D eigenvalue weighted by Crippen LogP contribution is 2.33. The minimum atomic E-state index is -1.27. The number of unbranched alkanes of at least 4 members (excludes halogenated alkanes) is 4. The molecule has 1 saturated carbocycles. The van der Waals surface area contributed by atoms with Gasteiger partial charge in [0.2, 0.25) is 5.78 Å². The van der Waals surface area contributed by atoms with Crippen LogP contribution < -0.4 is 0 Å². The molecule has 1 aliphatic carbocycles. The predicted molar refractivity (Wildman–Crippen MR) is 76.1 cm³/mol. The molecule has 110 valence electrons. The van der Waals surface area contributed by atoms with E-state index in [0.29, 0.717) is 5.92 Å². The summed E-state index contributed by atoms with van der Waals surface area (Å²) in [5.74, 6) is -0.737. The predicted octanol–water partition coefficient (Wildman–Crippen LogP) is 4.20. The van der Waals surface area contributed by atoms with E-state index in [0.717, 1.165) is 18.8 Å². The summed E-state index contributed by atoms with van der Waals surface area (Å²) < 4.78 is 0. The number of aliphatic carboxylic acids is 1.